The molecule has 27 heavy (non-hydrogen) atoms. The normalized spacial score (nSPS) is 11.4. The maximum atomic E-state index is 12.0. The quantitative estimate of drug-likeness (QED) is 0.658. The molecular weight excluding hydrogens is 370 g/mol. The second-order valence-electron chi connectivity index (χ2n) is 6.74. The van der Waals surface area contributed by atoms with Crippen LogP contribution in [-0.4, -0.2) is 39.4 Å². The molecular formula is C18H19N3O5S. The molecule has 0 saturated heterocycles. The molecule has 8 nitrogen and oxygen atoms in total. The van der Waals surface area contributed by atoms with Crippen LogP contribution < -0.4 is 5.32 Å². The number of carbonyl (C=O) groups excluding carboxylic acids is 2. The SMILES string of the molecule is COC(=O)c1sc(-n2cnc3ccc(NC(=O)OC(C)(C)C)cc32)cc1O. The number of imidazole rings is 1. The number of esters is 1. The molecule has 1 amide bonds. The maximum absolute atomic E-state index is 12.0. The minimum absolute atomic E-state index is 0.109. The number of benzene rings is 1. The first-order valence-electron chi connectivity index (χ1n) is 8.06. The summed E-state index contributed by atoms with van der Waals surface area (Å²) in [5.41, 5.74) is 1.32. The van der Waals surface area contributed by atoms with Gasteiger partial charge in [0.1, 0.15) is 22.7 Å². The highest BCUT2D eigenvalue weighted by molar-refractivity contribution is 7.16. The fourth-order valence-corrected chi connectivity index (χ4v) is 3.36. The van der Waals surface area contributed by atoms with Gasteiger partial charge in [-0.25, -0.2) is 14.6 Å². The molecule has 0 bridgehead atoms. The summed E-state index contributed by atoms with van der Waals surface area (Å²) in [6.07, 6.45) is 1.02. The van der Waals surface area contributed by atoms with Gasteiger partial charge in [0.05, 0.1) is 18.1 Å². The smallest absolute Gasteiger partial charge is 0.412 e. The van der Waals surface area contributed by atoms with Crippen LogP contribution in [0.15, 0.2) is 30.6 Å². The Bertz CT molecular complexity index is 1020. The first-order valence-corrected chi connectivity index (χ1v) is 8.88. The van der Waals surface area contributed by atoms with E-state index in [1.54, 1.807) is 49.9 Å². The van der Waals surface area contributed by atoms with E-state index in [9.17, 15) is 14.7 Å². The Balaban J connectivity index is 1.94. The van der Waals surface area contributed by atoms with Crippen molar-refractivity contribution in [2.24, 2.45) is 0 Å². The predicted molar refractivity (Wildman–Crippen MR) is 102 cm³/mol. The summed E-state index contributed by atoms with van der Waals surface area (Å²) >= 11 is 1.08. The molecule has 9 heteroatoms. The number of nitrogens with zero attached hydrogens (tertiary/aromatic N) is 2. The lowest BCUT2D eigenvalue weighted by molar-refractivity contribution is 0.0600. The second kappa shape index (κ2) is 6.92. The largest absolute Gasteiger partial charge is 0.506 e. The molecule has 0 fully saturated rings. The van der Waals surface area contributed by atoms with Crippen LogP contribution in [0.3, 0.4) is 0 Å². The van der Waals surface area contributed by atoms with Crippen LogP contribution in [0.25, 0.3) is 16.0 Å². The third-order valence-corrected chi connectivity index (χ3v) is 4.60. The first-order chi connectivity index (χ1) is 12.7. The lowest BCUT2D eigenvalue weighted by Crippen LogP contribution is -2.27. The van der Waals surface area contributed by atoms with Crippen LogP contribution in [0.2, 0.25) is 0 Å². The third kappa shape index (κ3) is 4.03. The number of thiophene rings is 1. The number of anilines is 1. The van der Waals surface area contributed by atoms with Crippen molar-refractivity contribution in [2.75, 3.05) is 12.4 Å². The van der Waals surface area contributed by atoms with Crippen LogP contribution in [0.1, 0.15) is 30.4 Å². The van der Waals surface area contributed by atoms with E-state index in [0.717, 1.165) is 11.3 Å². The minimum atomic E-state index is -0.611. The molecule has 2 aromatic heterocycles. The second-order valence-corrected chi connectivity index (χ2v) is 7.77. The summed E-state index contributed by atoms with van der Waals surface area (Å²) in [6, 6.07) is 6.68. The van der Waals surface area contributed by atoms with Gasteiger partial charge < -0.3 is 14.6 Å². The van der Waals surface area contributed by atoms with E-state index in [1.807, 2.05) is 0 Å². The van der Waals surface area contributed by atoms with Crippen molar-refractivity contribution >= 4 is 40.1 Å². The van der Waals surface area contributed by atoms with E-state index in [4.69, 9.17) is 4.74 Å². The average molecular weight is 389 g/mol. The molecule has 142 valence electrons. The van der Waals surface area contributed by atoms with Crippen LogP contribution in [0, 0.1) is 0 Å². The zero-order valence-electron chi connectivity index (χ0n) is 15.3. The van der Waals surface area contributed by atoms with Crippen LogP contribution in [0.5, 0.6) is 5.75 Å². The average Bonchev–Trinajstić information content (AvgIpc) is 3.15. The van der Waals surface area contributed by atoms with Gasteiger partial charge in [-0.05, 0) is 39.0 Å². The molecule has 2 N–H and O–H groups in total. The van der Waals surface area contributed by atoms with Gasteiger partial charge in [0.15, 0.2) is 4.88 Å². The highest BCUT2D eigenvalue weighted by Crippen LogP contribution is 2.33. The summed E-state index contributed by atoms with van der Waals surface area (Å²) in [5, 5.41) is 13.3. The number of aromatic nitrogens is 2. The number of rotatable bonds is 3. The zero-order valence-corrected chi connectivity index (χ0v) is 16.1. The molecule has 0 aliphatic carbocycles. The van der Waals surface area contributed by atoms with Gasteiger partial charge in [-0.2, -0.15) is 0 Å². The zero-order chi connectivity index (χ0) is 19.8. The Labute approximate surface area is 159 Å². The van der Waals surface area contributed by atoms with E-state index < -0.39 is 17.7 Å². The molecule has 0 aliphatic heterocycles. The molecule has 0 radical (unpaired) electrons. The lowest BCUT2D eigenvalue weighted by Gasteiger charge is -2.19. The maximum Gasteiger partial charge on any atom is 0.412 e. The fourth-order valence-electron chi connectivity index (χ4n) is 2.41. The summed E-state index contributed by atoms with van der Waals surface area (Å²) in [6.45, 7) is 5.35. The van der Waals surface area contributed by atoms with Gasteiger partial charge in [-0.15, -0.1) is 11.3 Å². The van der Waals surface area contributed by atoms with Gasteiger partial charge in [-0.1, -0.05) is 0 Å². The molecule has 0 atom stereocenters. The minimum Gasteiger partial charge on any atom is -0.506 e. The van der Waals surface area contributed by atoms with Crippen molar-refractivity contribution in [2.45, 2.75) is 26.4 Å². The first kappa shape index (κ1) is 18.7. The van der Waals surface area contributed by atoms with E-state index >= 15 is 0 Å². The molecule has 2 heterocycles. The number of methoxy groups -OCH3 is 1. The molecule has 1 aromatic carbocycles. The van der Waals surface area contributed by atoms with Gasteiger partial charge >= 0.3 is 12.1 Å². The summed E-state index contributed by atoms with van der Waals surface area (Å²) in [5.74, 6) is -0.771. The number of aromatic hydroxyl groups is 1. The molecule has 3 rings (SSSR count). The van der Waals surface area contributed by atoms with Crippen molar-refractivity contribution in [3.8, 4) is 10.8 Å². The summed E-state index contributed by atoms with van der Waals surface area (Å²) in [4.78, 5) is 28.1. The Morgan fingerprint density at radius 3 is 2.67 bits per heavy atom. The summed E-state index contributed by atoms with van der Waals surface area (Å²) in [7, 11) is 1.25. The number of hydrogen-bond donors (Lipinski definition) is 2. The molecule has 0 unspecified atom stereocenters. The summed E-state index contributed by atoms with van der Waals surface area (Å²) < 4.78 is 11.6. The molecule has 0 saturated carbocycles. The van der Waals surface area contributed by atoms with Crippen molar-refractivity contribution in [1.82, 2.24) is 9.55 Å². The predicted octanol–water partition coefficient (Wildman–Crippen LogP) is 3.93. The van der Waals surface area contributed by atoms with E-state index in [2.05, 4.69) is 15.0 Å². The Morgan fingerprint density at radius 1 is 1.26 bits per heavy atom. The Kier molecular flexibility index (Phi) is 4.79. The van der Waals surface area contributed by atoms with Crippen molar-refractivity contribution in [1.29, 1.82) is 0 Å². The number of nitrogens with one attached hydrogen (secondary N) is 1. The third-order valence-electron chi connectivity index (χ3n) is 3.50. The van der Waals surface area contributed by atoms with Crippen LogP contribution >= 0.6 is 11.3 Å². The van der Waals surface area contributed by atoms with Crippen LogP contribution in [-0.2, 0) is 9.47 Å². The number of carbonyl (C=O) groups is 2. The van der Waals surface area contributed by atoms with Crippen molar-refractivity contribution < 1.29 is 24.2 Å². The number of fused-ring (bicyclic) bond motifs is 1. The Morgan fingerprint density at radius 2 is 2.00 bits per heavy atom. The topological polar surface area (TPSA) is 103 Å². The fraction of sp³-hybridized carbons (Fsp3) is 0.278. The van der Waals surface area contributed by atoms with Crippen molar-refractivity contribution in [3.63, 3.8) is 0 Å². The van der Waals surface area contributed by atoms with Gasteiger partial charge in [0.2, 0.25) is 0 Å². The van der Waals surface area contributed by atoms with Gasteiger partial charge in [0, 0.05) is 11.8 Å². The van der Waals surface area contributed by atoms with Crippen LogP contribution in [0.4, 0.5) is 10.5 Å². The number of ether oxygens (including phenoxy) is 2. The van der Waals surface area contributed by atoms with Crippen molar-refractivity contribution in [3.05, 3.63) is 35.5 Å². The molecule has 3 aromatic rings. The Hall–Kier alpha value is -3.07. The highest BCUT2D eigenvalue weighted by atomic mass is 32.1. The molecule has 0 aliphatic rings. The van der Waals surface area contributed by atoms with Gasteiger partial charge in [-0.3, -0.25) is 9.88 Å². The van der Waals surface area contributed by atoms with E-state index in [0.29, 0.717) is 21.7 Å². The van der Waals surface area contributed by atoms with E-state index in [-0.39, 0.29) is 10.6 Å². The molecule has 0 spiro atoms. The number of hydrogen-bond acceptors (Lipinski definition) is 7. The lowest BCUT2D eigenvalue weighted by atomic mass is 10.2. The number of amides is 1. The standard InChI is InChI=1S/C18H19N3O5S/c1-18(2,3)26-17(24)20-10-5-6-11-12(7-10)21(9-19-11)14-8-13(22)15(27-14)16(23)25-4/h5-9,22H,1-4H3,(H,20,24). The monoisotopic (exact) mass is 389 g/mol. The highest BCUT2D eigenvalue weighted by Gasteiger charge is 2.19. The van der Waals surface area contributed by atoms with E-state index in [1.165, 1.54) is 13.2 Å². The van der Waals surface area contributed by atoms with Gasteiger partial charge in [0.25, 0.3) is 0 Å².